The minimum absolute atomic E-state index is 0.329. The number of halogens is 1. The summed E-state index contributed by atoms with van der Waals surface area (Å²) in [4.78, 5) is 2.63. The van der Waals surface area contributed by atoms with Crippen LogP contribution in [0.2, 0.25) is 0 Å². The smallest absolute Gasteiger partial charge is 0.241 e. The summed E-state index contributed by atoms with van der Waals surface area (Å²) >= 11 is 3.46. The molecule has 4 aliphatic rings. The molecule has 0 unspecified atom stereocenters. The van der Waals surface area contributed by atoms with Gasteiger partial charge in [-0.2, -0.15) is 0 Å². The predicted octanol–water partition coefficient (Wildman–Crippen LogP) is 3.42. The summed E-state index contributed by atoms with van der Waals surface area (Å²) in [5, 5.41) is 3.50. The molecule has 5 nitrogen and oxygen atoms in total. The summed E-state index contributed by atoms with van der Waals surface area (Å²) in [6, 6.07) is 5.88. The Morgan fingerprint density at radius 2 is 2.04 bits per heavy atom. The Hall–Kier alpha value is -0.630. The van der Waals surface area contributed by atoms with Crippen LogP contribution in [0, 0.1) is 16.7 Å². The topological polar surface area (TPSA) is 61.4 Å². The first-order chi connectivity index (χ1) is 12.8. The molecule has 1 aromatic rings. The summed E-state index contributed by atoms with van der Waals surface area (Å²) < 4.78 is 29.0. The highest BCUT2D eigenvalue weighted by atomic mass is 79.9. The Bertz CT molecular complexity index is 862. The van der Waals surface area contributed by atoms with Crippen LogP contribution in [0.1, 0.15) is 38.5 Å². The molecule has 27 heavy (non-hydrogen) atoms. The monoisotopic (exact) mass is 453 g/mol. The van der Waals surface area contributed by atoms with Crippen molar-refractivity contribution < 1.29 is 8.42 Å². The Labute approximate surface area is 170 Å². The fraction of sp³-hybridized carbons (Fsp3) is 0.700. The number of hydrogen-bond acceptors (Lipinski definition) is 4. The van der Waals surface area contributed by atoms with Gasteiger partial charge in [-0.1, -0.05) is 0 Å². The average molecular weight is 454 g/mol. The van der Waals surface area contributed by atoms with E-state index in [0.717, 1.165) is 25.2 Å². The molecule has 2 spiro atoms. The van der Waals surface area contributed by atoms with Gasteiger partial charge in [-0.05, 0) is 103 Å². The van der Waals surface area contributed by atoms with E-state index in [9.17, 15) is 8.42 Å². The summed E-state index contributed by atoms with van der Waals surface area (Å²) in [6.45, 7) is 2.68. The van der Waals surface area contributed by atoms with Gasteiger partial charge < -0.3 is 10.2 Å². The second kappa shape index (κ2) is 6.18. The Balaban J connectivity index is 1.18. The van der Waals surface area contributed by atoms with E-state index < -0.39 is 10.0 Å². The van der Waals surface area contributed by atoms with Crippen molar-refractivity contribution in [3.63, 3.8) is 0 Å². The fourth-order valence-electron chi connectivity index (χ4n) is 5.63. The van der Waals surface area contributed by atoms with Gasteiger partial charge in [-0.3, -0.25) is 0 Å². The Morgan fingerprint density at radius 1 is 1.26 bits per heavy atom. The fourth-order valence-corrected chi connectivity index (χ4v) is 7.82. The highest BCUT2D eigenvalue weighted by Crippen LogP contribution is 2.86. The van der Waals surface area contributed by atoms with E-state index in [1.54, 1.807) is 6.07 Å². The summed E-state index contributed by atoms with van der Waals surface area (Å²) in [6.07, 6.45) is 7.77. The number of likely N-dealkylation sites (tertiary alicyclic amines) is 1. The molecule has 7 heteroatoms. The molecule has 2 N–H and O–H groups in total. The lowest BCUT2D eigenvalue weighted by molar-refractivity contribution is 0.147. The molecule has 4 fully saturated rings. The lowest BCUT2D eigenvalue weighted by Crippen LogP contribution is -2.38. The van der Waals surface area contributed by atoms with Crippen LogP contribution < -0.4 is 10.0 Å². The molecule has 1 aromatic carbocycles. The number of rotatable bonds is 6. The number of likely N-dealkylation sites (N-methyl/N-ethyl adjacent to an activating group) is 1. The third-order valence-electron chi connectivity index (χ3n) is 7.43. The molecule has 1 saturated heterocycles. The van der Waals surface area contributed by atoms with Crippen LogP contribution in [0.5, 0.6) is 0 Å². The maximum atomic E-state index is 12.7. The Morgan fingerprint density at radius 3 is 2.63 bits per heavy atom. The van der Waals surface area contributed by atoms with Crippen molar-refractivity contribution in [1.29, 1.82) is 0 Å². The molecule has 3 saturated carbocycles. The van der Waals surface area contributed by atoms with Crippen LogP contribution in [0.25, 0.3) is 0 Å². The lowest BCUT2D eigenvalue weighted by atomic mass is 9.70. The summed E-state index contributed by atoms with van der Waals surface area (Å²) in [5.74, 6) is 0.513. The van der Waals surface area contributed by atoms with E-state index >= 15 is 0 Å². The largest absolute Gasteiger partial charge is 0.381 e. The van der Waals surface area contributed by atoms with E-state index in [-0.39, 0.29) is 0 Å². The molecule has 0 bridgehead atoms. The SMILES string of the molecule is CN1CC[C@@H](Nc2ccc(S(=O)(=O)NCC3CC4(C3)CC43CC3)c(Br)c2)C1. The average Bonchev–Trinajstić information content (AvgIpc) is 3.44. The molecule has 0 radical (unpaired) electrons. The van der Waals surface area contributed by atoms with Gasteiger partial charge in [0.05, 0.1) is 4.90 Å². The van der Waals surface area contributed by atoms with E-state index in [1.165, 1.54) is 32.1 Å². The van der Waals surface area contributed by atoms with Crippen molar-refractivity contribution in [3.8, 4) is 0 Å². The standard InChI is InChI=1S/C20H28BrN3O2S/c1-24-7-4-16(12-24)23-15-2-3-18(17(21)8-15)27(25,26)22-11-14-9-20(10-14)13-19(20)5-6-19/h2-3,8,14,16,22-23H,4-7,9-13H2,1H3/t14?,16-,20?/m1/s1. The second-order valence-electron chi connectivity index (χ2n) is 9.40. The van der Waals surface area contributed by atoms with Crippen molar-refractivity contribution in [2.75, 3.05) is 32.0 Å². The number of hydrogen-bond donors (Lipinski definition) is 2. The maximum Gasteiger partial charge on any atom is 0.241 e. The van der Waals surface area contributed by atoms with Gasteiger partial charge in [0.2, 0.25) is 10.0 Å². The van der Waals surface area contributed by atoms with Crippen LogP contribution in [0.3, 0.4) is 0 Å². The van der Waals surface area contributed by atoms with Crippen LogP contribution >= 0.6 is 15.9 Å². The number of fused-ring (bicyclic) bond motifs is 1. The zero-order valence-corrected chi connectivity index (χ0v) is 18.2. The van der Waals surface area contributed by atoms with Gasteiger partial charge in [0.25, 0.3) is 0 Å². The molecule has 1 aliphatic heterocycles. The molecular weight excluding hydrogens is 426 g/mol. The van der Waals surface area contributed by atoms with E-state index in [0.29, 0.717) is 38.7 Å². The van der Waals surface area contributed by atoms with Gasteiger partial charge >= 0.3 is 0 Å². The summed E-state index contributed by atoms with van der Waals surface area (Å²) in [7, 11) is -1.36. The normalized spacial score (nSPS) is 34.0. The molecule has 1 atom stereocenters. The number of nitrogens with zero attached hydrogens (tertiary/aromatic N) is 1. The van der Waals surface area contributed by atoms with Gasteiger partial charge in [0, 0.05) is 29.3 Å². The minimum atomic E-state index is -3.48. The second-order valence-corrected chi connectivity index (χ2v) is 12.0. The minimum Gasteiger partial charge on any atom is -0.381 e. The quantitative estimate of drug-likeness (QED) is 0.692. The molecule has 5 rings (SSSR count). The molecule has 148 valence electrons. The first kappa shape index (κ1) is 18.4. The number of anilines is 1. The van der Waals surface area contributed by atoms with Crippen LogP contribution in [-0.2, 0) is 10.0 Å². The van der Waals surface area contributed by atoms with E-state index in [4.69, 9.17) is 0 Å². The lowest BCUT2D eigenvalue weighted by Gasteiger charge is -2.37. The zero-order valence-electron chi connectivity index (χ0n) is 15.8. The van der Waals surface area contributed by atoms with Gasteiger partial charge in [0.15, 0.2) is 0 Å². The van der Waals surface area contributed by atoms with Crippen molar-refractivity contribution in [2.24, 2.45) is 16.7 Å². The van der Waals surface area contributed by atoms with E-state index in [2.05, 4.69) is 37.9 Å². The molecule has 0 aromatic heterocycles. The number of sulfonamides is 1. The van der Waals surface area contributed by atoms with Gasteiger partial charge in [0.1, 0.15) is 0 Å². The van der Waals surface area contributed by atoms with Crippen LogP contribution in [-0.4, -0.2) is 46.0 Å². The molecule has 1 heterocycles. The highest BCUT2D eigenvalue weighted by molar-refractivity contribution is 9.10. The van der Waals surface area contributed by atoms with Crippen molar-refractivity contribution in [2.45, 2.75) is 49.5 Å². The third kappa shape index (κ3) is 3.24. The first-order valence-electron chi connectivity index (χ1n) is 10.1. The molecule has 3 aliphatic carbocycles. The van der Waals surface area contributed by atoms with Crippen molar-refractivity contribution in [1.82, 2.24) is 9.62 Å². The van der Waals surface area contributed by atoms with Gasteiger partial charge in [-0.25, -0.2) is 13.1 Å². The van der Waals surface area contributed by atoms with Crippen LogP contribution in [0.15, 0.2) is 27.6 Å². The van der Waals surface area contributed by atoms with Crippen LogP contribution in [0.4, 0.5) is 5.69 Å². The predicted molar refractivity (Wildman–Crippen MR) is 110 cm³/mol. The number of benzene rings is 1. The highest BCUT2D eigenvalue weighted by Gasteiger charge is 2.76. The Kier molecular flexibility index (Phi) is 4.21. The first-order valence-corrected chi connectivity index (χ1v) is 12.3. The number of nitrogens with one attached hydrogen (secondary N) is 2. The zero-order chi connectivity index (χ0) is 18.9. The van der Waals surface area contributed by atoms with Crippen molar-refractivity contribution >= 4 is 31.6 Å². The third-order valence-corrected chi connectivity index (χ3v) is 9.83. The van der Waals surface area contributed by atoms with Gasteiger partial charge in [-0.15, -0.1) is 0 Å². The van der Waals surface area contributed by atoms with Crippen molar-refractivity contribution in [3.05, 3.63) is 22.7 Å². The molecule has 0 amide bonds. The summed E-state index contributed by atoms with van der Waals surface area (Å²) in [5.41, 5.74) is 2.29. The maximum absolute atomic E-state index is 12.7. The van der Waals surface area contributed by atoms with E-state index in [1.807, 2.05) is 12.1 Å². The molecular formula is C20H28BrN3O2S.